The van der Waals surface area contributed by atoms with E-state index in [2.05, 4.69) is 15.5 Å². The van der Waals surface area contributed by atoms with Gasteiger partial charge in [-0.05, 0) is 58.8 Å². The molecule has 9 heteroatoms. The van der Waals surface area contributed by atoms with Crippen molar-refractivity contribution >= 4 is 11.4 Å². The summed E-state index contributed by atoms with van der Waals surface area (Å²) < 4.78 is 40.3. The van der Waals surface area contributed by atoms with Gasteiger partial charge in [-0.2, -0.15) is 17.9 Å². The van der Waals surface area contributed by atoms with Crippen LogP contribution in [0.3, 0.4) is 0 Å². The number of benzene rings is 3. The number of halogens is 3. The average Bonchev–Trinajstić information content (AvgIpc) is 3.32. The van der Waals surface area contributed by atoms with Gasteiger partial charge < -0.3 is 4.90 Å². The van der Waals surface area contributed by atoms with Crippen LogP contribution < -0.4 is 0 Å². The minimum atomic E-state index is -4.41. The summed E-state index contributed by atoms with van der Waals surface area (Å²) in [6, 6.07) is 19.1. The number of alkyl halides is 3. The summed E-state index contributed by atoms with van der Waals surface area (Å²) in [5.41, 5.74) is 2.85. The third-order valence-corrected chi connectivity index (χ3v) is 5.29. The zero-order valence-electron chi connectivity index (χ0n) is 19.3. The van der Waals surface area contributed by atoms with Crippen LogP contribution in [0.1, 0.15) is 27.3 Å². The molecule has 0 atom stereocenters. The molecular weight excluding hydrogens is 455 g/mol. The SMILES string of the molecule is Cc1ccc(-n2nnnc2C(=CN(C)C)C(=O)c2cccc(-c3ccc(C(F)(F)F)cc3)c2)cc1. The minimum Gasteiger partial charge on any atom is -0.383 e. The van der Waals surface area contributed by atoms with E-state index >= 15 is 0 Å². The van der Waals surface area contributed by atoms with Crippen molar-refractivity contribution in [2.24, 2.45) is 0 Å². The lowest BCUT2D eigenvalue weighted by molar-refractivity contribution is -0.137. The monoisotopic (exact) mass is 477 g/mol. The highest BCUT2D eigenvalue weighted by molar-refractivity contribution is 6.28. The summed E-state index contributed by atoms with van der Waals surface area (Å²) in [4.78, 5) is 15.4. The number of aryl methyl sites for hydroxylation is 1. The number of aromatic nitrogens is 4. The second-order valence-corrected chi connectivity index (χ2v) is 8.24. The van der Waals surface area contributed by atoms with Crippen molar-refractivity contribution in [2.75, 3.05) is 14.1 Å². The molecule has 0 N–H and O–H groups in total. The largest absolute Gasteiger partial charge is 0.416 e. The van der Waals surface area contributed by atoms with E-state index in [4.69, 9.17) is 0 Å². The number of hydrogen-bond donors (Lipinski definition) is 0. The van der Waals surface area contributed by atoms with Gasteiger partial charge in [-0.3, -0.25) is 4.79 Å². The van der Waals surface area contributed by atoms with Crippen LogP contribution >= 0.6 is 0 Å². The molecule has 1 heterocycles. The van der Waals surface area contributed by atoms with Gasteiger partial charge in [0, 0.05) is 25.9 Å². The zero-order valence-corrected chi connectivity index (χ0v) is 19.3. The highest BCUT2D eigenvalue weighted by atomic mass is 19.4. The topological polar surface area (TPSA) is 63.9 Å². The summed E-state index contributed by atoms with van der Waals surface area (Å²) in [6.45, 7) is 1.97. The average molecular weight is 477 g/mol. The van der Waals surface area contributed by atoms with E-state index in [1.54, 1.807) is 49.5 Å². The van der Waals surface area contributed by atoms with E-state index in [1.165, 1.54) is 16.8 Å². The normalized spacial score (nSPS) is 12.0. The molecule has 178 valence electrons. The Hall–Kier alpha value is -4.27. The van der Waals surface area contributed by atoms with Gasteiger partial charge in [0.15, 0.2) is 11.6 Å². The van der Waals surface area contributed by atoms with Crippen LogP contribution in [0, 0.1) is 6.92 Å². The summed E-state index contributed by atoms with van der Waals surface area (Å²) in [5.74, 6) is -0.0527. The maximum atomic E-state index is 13.6. The van der Waals surface area contributed by atoms with E-state index in [0.717, 1.165) is 17.7 Å². The number of nitrogens with zero attached hydrogens (tertiary/aromatic N) is 5. The Morgan fingerprint density at radius 3 is 2.26 bits per heavy atom. The Morgan fingerprint density at radius 1 is 0.943 bits per heavy atom. The smallest absolute Gasteiger partial charge is 0.383 e. The standard InChI is InChI=1S/C26H22F3N5O/c1-17-7-13-22(14-8-17)34-25(30-31-32-34)23(16-33(2)3)24(35)20-6-4-5-19(15-20)18-9-11-21(12-10-18)26(27,28)29/h4-16H,1-3H3. The van der Waals surface area contributed by atoms with Crippen LogP contribution in [0.15, 0.2) is 79.0 Å². The number of Topliss-reactive ketones (excluding diaryl/α,β-unsaturated/α-hetero) is 1. The van der Waals surface area contributed by atoms with Gasteiger partial charge in [-0.1, -0.05) is 48.0 Å². The second kappa shape index (κ2) is 9.54. The molecule has 4 rings (SSSR count). The molecule has 0 aliphatic rings. The molecule has 3 aromatic carbocycles. The van der Waals surface area contributed by atoms with Gasteiger partial charge in [0.2, 0.25) is 0 Å². The Morgan fingerprint density at radius 2 is 1.63 bits per heavy atom. The summed E-state index contributed by atoms with van der Waals surface area (Å²) in [5, 5.41) is 12.0. The van der Waals surface area contributed by atoms with Crippen LogP contribution in [-0.2, 0) is 6.18 Å². The quantitative estimate of drug-likeness (QED) is 0.273. The second-order valence-electron chi connectivity index (χ2n) is 8.24. The Balaban J connectivity index is 1.72. The molecule has 0 bridgehead atoms. The van der Waals surface area contributed by atoms with Gasteiger partial charge in [-0.15, -0.1) is 5.10 Å². The van der Waals surface area contributed by atoms with Gasteiger partial charge in [0.1, 0.15) is 0 Å². The molecule has 0 aliphatic heterocycles. The van der Waals surface area contributed by atoms with E-state index in [-0.39, 0.29) is 17.2 Å². The Labute approximate surface area is 200 Å². The molecule has 0 amide bonds. The van der Waals surface area contributed by atoms with Crippen LogP contribution in [0.2, 0.25) is 0 Å². The van der Waals surface area contributed by atoms with E-state index in [1.807, 2.05) is 31.2 Å². The molecule has 4 aromatic rings. The molecular formula is C26H22F3N5O. The number of carbonyl (C=O) groups excluding carboxylic acids is 1. The Kier molecular flexibility index (Phi) is 6.50. The summed E-state index contributed by atoms with van der Waals surface area (Å²) in [7, 11) is 3.57. The number of tetrazole rings is 1. The first kappa shape index (κ1) is 23.9. The fraction of sp³-hybridized carbons (Fsp3) is 0.154. The lowest BCUT2D eigenvalue weighted by Crippen LogP contribution is -2.13. The van der Waals surface area contributed by atoms with Gasteiger partial charge >= 0.3 is 6.18 Å². The van der Waals surface area contributed by atoms with Crippen LogP contribution in [0.4, 0.5) is 13.2 Å². The van der Waals surface area contributed by atoms with E-state index in [0.29, 0.717) is 22.4 Å². The highest BCUT2D eigenvalue weighted by Gasteiger charge is 2.30. The van der Waals surface area contributed by atoms with Crippen molar-refractivity contribution in [1.29, 1.82) is 0 Å². The van der Waals surface area contributed by atoms with E-state index in [9.17, 15) is 18.0 Å². The molecule has 0 saturated heterocycles. The van der Waals surface area contributed by atoms with Crippen LogP contribution in [0.25, 0.3) is 22.4 Å². The van der Waals surface area contributed by atoms with Crippen molar-refractivity contribution < 1.29 is 18.0 Å². The van der Waals surface area contributed by atoms with E-state index < -0.39 is 11.7 Å². The molecule has 6 nitrogen and oxygen atoms in total. The molecule has 35 heavy (non-hydrogen) atoms. The summed E-state index contributed by atoms with van der Waals surface area (Å²) >= 11 is 0. The first-order valence-electron chi connectivity index (χ1n) is 10.7. The third kappa shape index (κ3) is 5.29. The number of allylic oxidation sites excluding steroid dienone is 1. The van der Waals surface area contributed by atoms with Crippen LogP contribution in [0.5, 0.6) is 0 Å². The molecule has 0 fully saturated rings. The maximum absolute atomic E-state index is 13.6. The fourth-order valence-corrected chi connectivity index (χ4v) is 3.54. The molecule has 1 aromatic heterocycles. The first-order valence-corrected chi connectivity index (χ1v) is 10.7. The zero-order chi connectivity index (χ0) is 25.2. The van der Waals surface area contributed by atoms with Crippen molar-refractivity contribution in [1.82, 2.24) is 25.1 Å². The highest BCUT2D eigenvalue weighted by Crippen LogP contribution is 2.31. The number of rotatable bonds is 6. The fourth-order valence-electron chi connectivity index (χ4n) is 3.54. The molecule has 0 radical (unpaired) electrons. The Bertz CT molecular complexity index is 1370. The van der Waals surface area contributed by atoms with Gasteiger partial charge in [0.25, 0.3) is 0 Å². The lowest BCUT2D eigenvalue weighted by atomic mass is 9.97. The molecule has 0 spiro atoms. The predicted molar refractivity (Wildman–Crippen MR) is 127 cm³/mol. The van der Waals surface area contributed by atoms with Crippen molar-refractivity contribution in [3.63, 3.8) is 0 Å². The number of hydrogen-bond acceptors (Lipinski definition) is 5. The maximum Gasteiger partial charge on any atom is 0.416 e. The van der Waals surface area contributed by atoms with Crippen molar-refractivity contribution in [3.05, 3.63) is 102 Å². The lowest BCUT2D eigenvalue weighted by Gasteiger charge is -2.13. The molecule has 0 aliphatic carbocycles. The summed E-state index contributed by atoms with van der Waals surface area (Å²) in [6.07, 6.45) is -2.77. The van der Waals surface area contributed by atoms with Gasteiger partial charge in [-0.25, -0.2) is 0 Å². The minimum absolute atomic E-state index is 0.269. The van der Waals surface area contributed by atoms with Gasteiger partial charge in [0.05, 0.1) is 16.8 Å². The molecule has 0 unspecified atom stereocenters. The predicted octanol–water partition coefficient (Wildman–Crippen LogP) is 5.44. The third-order valence-electron chi connectivity index (χ3n) is 5.29. The van der Waals surface area contributed by atoms with Crippen molar-refractivity contribution in [3.8, 4) is 16.8 Å². The van der Waals surface area contributed by atoms with Crippen LogP contribution in [-0.4, -0.2) is 45.0 Å². The number of ketones is 1. The molecule has 0 saturated carbocycles. The first-order chi connectivity index (χ1) is 16.6. The van der Waals surface area contributed by atoms with Crippen molar-refractivity contribution in [2.45, 2.75) is 13.1 Å². The number of carbonyl (C=O) groups is 1.